The van der Waals surface area contributed by atoms with E-state index in [1.165, 1.54) is 19.3 Å². The number of hydrogen-bond acceptors (Lipinski definition) is 2. The van der Waals surface area contributed by atoms with Gasteiger partial charge in [0.05, 0.1) is 12.1 Å². The van der Waals surface area contributed by atoms with E-state index in [1.807, 2.05) is 18.2 Å². The Hall–Kier alpha value is -1.02. The minimum absolute atomic E-state index is 0.138. The van der Waals surface area contributed by atoms with Crippen LogP contribution in [0.2, 0.25) is 0 Å². The second-order valence-corrected chi connectivity index (χ2v) is 7.42. The lowest BCUT2D eigenvalue weighted by molar-refractivity contribution is 0.182. The molecule has 0 radical (unpaired) electrons. The van der Waals surface area contributed by atoms with Crippen molar-refractivity contribution in [2.75, 3.05) is 11.9 Å². The van der Waals surface area contributed by atoms with Gasteiger partial charge in [0, 0.05) is 5.69 Å². The zero-order valence-electron chi connectivity index (χ0n) is 13.2. The Morgan fingerprint density at radius 1 is 1.15 bits per heavy atom. The SMILES string of the molecule is CC(C)(C)C1CCCC(CO)(Nc2ccccc2)CC1. The van der Waals surface area contributed by atoms with E-state index in [9.17, 15) is 5.11 Å². The maximum atomic E-state index is 9.95. The lowest BCUT2D eigenvalue weighted by Crippen LogP contribution is -2.41. The van der Waals surface area contributed by atoms with Gasteiger partial charge < -0.3 is 10.4 Å². The molecule has 1 fully saturated rings. The Kier molecular flexibility index (Phi) is 4.74. The standard InChI is InChI=1S/C18H29NO/c1-17(2,3)15-8-7-12-18(14-20,13-11-15)19-16-9-5-4-6-10-16/h4-6,9-10,15,19-20H,7-8,11-14H2,1-3H3. The van der Waals surface area contributed by atoms with Gasteiger partial charge >= 0.3 is 0 Å². The van der Waals surface area contributed by atoms with E-state index in [1.54, 1.807) is 0 Å². The average Bonchev–Trinajstić information content (AvgIpc) is 2.63. The van der Waals surface area contributed by atoms with E-state index in [-0.39, 0.29) is 12.1 Å². The first kappa shape index (κ1) is 15.4. The van der Waals surface area contributed by atoms with Crippen molar-refractivity contribution >= 4 is 5.69 Å². The third-order valence-electron chi connectivity index (χ3n) is 4.89. The fourth-order valence-corrected chi connectivity index (χ4v) is 3.42. The molecule has 0 saturated heterocycles. The lowest BCUT2D eigenvalue weighted by Gasteiger charge is -2.34. The Morgan fingerprint density at radius 3 is 2.45 bits per heavy atom. The Morgan fingerprint density at radius 2 is 1.85 bits per heavy atom. The number of benzene rings is 1. The van der Waals surface area contributed by atoms with Crippen LogP contribution >= 0.6 is 0 Å². The molecule has 0 aromatic heterocycles. The maximum Gasteiger partial charge on any atom is 0.0661 e. The minimum Gasteiger partial charge on any atom is -0.394 e. The molecular weight excluding hydrogens is 246 g/mol. The summed E-state index contributed by atoms with van der Waals surface area (Å²) in [5.74, 6) is 0.758. The number of para-hydroxylation sites is 1. The van der Waals surface area contributed by atoms with Crippen LogP contribution in [0.1, 0.15) is 52.9 Å². The Labute approximate surface area is 123 Å². The molecule has 2 heteroatoms. The van der Waals surface area contributed by atoms with Crippen molar-refractivity contribution in [2.45, 2.75) is 58.4 Å². The summed E-state index contributed by atoms with van der Waals surface area (Å²) in [6.45, 7) is 7.25. The molecular formula is C18H29NO. The van der Waals surface area contributed by atoms with Gasteiger partial charge in [-0.1, -0.05) is 45.4 Å². The summed E-state index contributed by atoms with van der Waals surface area (Å²) in [6.07, 6.45) is 5.79. The molecule has 2 rings (SSSR count). The van der Waals surface area contributed by atoms with Crippen LogP contribution in [-0.2, 0) is 0 Å². The second-order valence-electron chi connectivity index (χ2n) is 7.42. The highest BCUT2D eigenvalue weighted by molar-refractivity contribution is 5.45. The molecule has 0 aliphatic heterocycles. The topological polar surface area (TPSA) is 32.3 Å². The van der Waals surface area contributed by atoms with Gasteiger partial charge in [0.25, 0.3) is 0 Å². The van der Waals surface area contributed by atoms with Gasteiger partial charge in [-0.15, -0.1) is 0 Å². The van der Waals surface area contributed by atoms with E-state index in [0.29, 0.717) is 5.41 Å². The van der Waals surface area contributed by atoms with E-state index in [4.69, 9.17) is 0 Å². The quantitative estimate of drug-likeness (QED) is 0.798. The van der Waals surface area contributed by atoms with Crippen molar-refractivity contribution in [3.63, 3.8) is 0 Å². The number of aliphatic hydroxyl groups excluding tert-OH is 1. The van der Waals surface area contributed by atoms with Crippen LogP contribution in [0, 0.1) is 11.3 Å². The first-order chi connectivity index (χ1) is 9.45. The fraction of sp³-hybridized carbons (Fsp3) is 0.667. The summed E-state index contributed by atoms with van der Waals surface area (Å²) < 4.78 is 0. The molecule has 0 bridgehead atoms. The van der Waals surface area contributed by atoms with Gasteiger partial charge in [0.15, 0.2) is 0 Å². The highest BCUT2D eigenvalue weighted by atomic mass is 16.3. The van der Waals surface area contributed by atoms with Crippen molar-refractivity contribution in [2.24, 2.45) is 11.3 Å². The zero-order valence-corrected chi connectivity index (χ0v) is 13.2. The molecule has 0 amide bonds. The monoisotopic (exact) mass is 275 g/mol. The molecule has 2 nitrogen and oxygen atoms in total. The second kappa shape index (κ2) is 6.17. The van der Waals surface area contributed by atoms with Crippen LogP contribution in [-0.4, -0.2) is 17.3 Å². The number of hydrogen-bond donors (Lipinski definition) is 2. The number of anilines is 1. The van der Waals surface area contributed by atoms with Crippen molar-refractivity contribution in [3.05, 3.63) is 30.3 Å². The smallest absolute Gasteiger partial charge is 0.0661 e. The van der Waals surface area contributed by atoms with Crippen LogP contribution < -0.4 is 5.32 Å². The zero-order chi connectivity index (χ0) is 14.6. The first-order valence-electron chi connectivity index (χ1n) is 7.89. The summed E-state index contributed by atoms with van der Waals surface area (Å²) >= 11 is 0. The molecule has 20 heavy (non-hydrogen) atoms. The first-order valence-corrected chi connectivity index (χ1v) is 7.89. The largest absolute Gasteiger partial charge is 0.394 e. The van der Waals surface area contributed by atoms with Crippen molar-refractivity contribution in [3.8, 4) is 0 Å². The summed E-state index contributed by atoms with van der Waals surface area (Å²) in [7, 11) is 0. The summed E-state index contributed by atoms with van der Waals surface area (Å²) in [5, 5.41) is 13.6. The van der Waals surface area contributed by atoms with Crippen molar-refractivity contribution in [1.29, 1.82) is 0 Å². The predicted octanol–water partition coefficient (Wildman–Crippen LogP) is 4.46. The highest BCUT2D eigenvalue weighted by Gasteiger charge is 2.35. The number of nitrogens with one attached hydrogen (secondary N) is 1. The molecule has 1 saturated carbocycles. The molecule has 1 aliphatic carbocycles. The van der Waals surface area contributed by atoms with Crippen LogP contribution in [0.5, 0.6) is 0 Å². The molecule has 1 aromatic carbocycles. The van der Waals surface area contributed by atoms with Gasteiger partial charge in [-0.3, -0.25) is 0 Å². The fourth-order valence-electron chi connectivity index (χ4n) is 3.42. The van der Waals surface area contributed by atoms with Gasteiger partial charge in [-0.25, -0.2) is 0 Å². The predicted molar refractivity (Wildman–Crippen MR) is 85.9 cm³/mol. The third kappa shape index (κ3) is 3.76. The van der Waals surface area contributed by atoms with Crippen molar-refractivity contribution < 1.29 is 5.11 Å². The molecule has 2 unspecified atom stereocenters. The van der Waals surface area contributed by atoms with E-state index < -0.39 is 0 Å². The summed E-state index contributed by atoms with van der Waals surface area (Å²) in [6, 6.07) is 10.3. The molecule has 2 N–H and O–H groups in total. The van der Waals surface area contributed by atoms with Gasteiger partial charge in [0.2, 0.25) is 0 Å². The molecule has 112 valence electrons. The summed E-state index contributed by atoms with van der Waals surface area (Å²) in [5.41, 5.74) is 1.36. The molecule has 1 aliphatic rings. The number of aliphatic hydroxyl groups is 1. The van der Waals surface area contributed by atoms with Crippen LogP contribution in [0.15, 0.2) is 30.3 Å². The third-order valence-corrected chi connectivity index (χ3v) is 4.89. The van der Waals surface area contributed by atoms with Gasteiger partial charge in [-0.05, 0) is 49.1 Å². The molecule has 1 aromatic rings. The van der Waals surface area contributed by atoms with E-state index >= 15 is 0 Å². The number of rotatable bonds is 3. The summed E-state index contributed by atoms with van der Waals surface area (Å²) in [4.78, 5) is 0. The van der Waals surface area contributed by atoms with Gasteiger partial charge in [-0.2, -0.15) is 0 Å². The average molecular weight is 275 g/mol. The van der Waals surface area contributed by atoms with Crippen molar-refractivity contribution in [1.82, 2.24) is 0 Å². The maximum absolute atomic E-state index is 9.95. The van der Waals surface area contributed by atoms with Crippen LogP contribution in [0.3, 0.4) is 0 Å². The van der Waals surface area contributed by atoms with Crippen LogP contribution in [0.25, 0.3) is 0 Å². The molecule has 2 atom stereocenters. The van der Waals surface area contributed by atoms with Gasteiger partial charge in [0.1, 0.15) is 0 Å². The molecule has 0 spiro atoms. The highest BCUT2D eigenvalue weighted by Crippen LogP contribution is 2.40. The Bertz CT molecular complexity index is 409. The van der Waals surface area contributed by atoms with E-state index in [2.05, 4.69) is 38.2 Å². The lowest BCUT2D eigenvalue weighted by atomic mass is 9.76. The normalized spacial score (nSPS) is 27.9. The minimum atomic E-state index is -0.138. The van der Waals surface area contributed by atoms with Crippen LogP contribution in [0.4, 0.5) is 5.69 Å². The van der Waals surface area contributed by atoms with E-state index in [0.717, 1.165) is 24.4 Å². The molecule has 0 heterocycles. The Balaban J connectivity index is 2.08.